The van der Waals surface area contributed by atoms with Crippen molar-refractivity contribution in [1.29, 1.82) is 0 Å². The predicted molar refractivity (Wildman–Crippen MR) is 152 cm³/mol. The van der Waals surface area contributed by atoms with Crippen molar-refractivity contribution < 1.29 is 0 Å². The van der Waals surface area contributed by atoms with Gasteiger partial charge in [0.25, 0.3) is 0 Å². The number of anilines is 2. The van der Waals surface area contributed by atoms with E-state index in [1.54, 1.807) is 0 Å². The lowest BCUT2D eigenvalue weighted by molar-refractivity contribution is 0.947. The summed E-state index contributed by atoms with van der Waals surface area (Å²) in [5.74, 6) is 1.73. The van der Waals surface area contributed by atoms with Gasteiger partial charge in [-0.1, -0.05) is 23.3 Å². The van der Waals surface area contributed by atoms with Gasteiger partial charge in [0, 0.05) is 54.8 Å². The van der Waals surface area contributed by atoms with Crippen molar-refractivity contribution in [2.24, 2.45) is 7.05 Å². The number of imidazole rings is 1. The summed E-state index contributed by atoms with van der Waals surface area (Å²) in [5, 5.41) is 6.71. The standard InChI is InChI=1S/C30H36N6/c1-19(2)12-14-31-25-10-8-23(16-33-25)27-21(5)22(6)28(30-29(27)35-18-36(30)7)24-9-11-26(34-17-24)32-15-13-20(3)4/h8-13,16-18H,14-15H2,1-7H3,(H,31,33)(H,32,34). The van der Waals surface area contributed by atoms with Gasteiger partial charge in [-0.3, -0.25) is 0 Å². The third-order valence-electron chi connectivity index (χ3n) is 6.41. The number of benzene rings is 1. The number of rotatable bonds is 8. The van der Waals surface area contributed by atoms with E-state index in [0.29, 0.717) is 0 Å². The molecular weight excluding hydrogens is 444 g/mol. The minimum atomic E-state index is 0.767. The van der Waals surface area contributed by atoms with E-state index in [4.69, 9.17) is 4.98 Å². The van der Waals surface area contributed by atoms with Crippen LogP contribution >= 0.6 is 0 Å². The lowest BCUT2D eigenvalue weighted by atomic mass is 9.89. The second kappa shape index (κ2) is 10.8. The first-order valence-corrected chi connectivity index (χ1v) is 12.4. The minimum Gasteiger partial charge on any atom is -0.367 e. The minimum absolute atomic E-state index is 0.767. The number of fused-ring (bicyclic) bond motifs is 1. The highest BCUT2D eigenvalue weighted by Gasteiger charge is 2.20. The highest BCUT2D eigenvalue weighted by atomic mass is 15.0. The molecule has 0 saturated heterocycles. The number of hydrogen-bond donors (Lipinski definition) is 2. The van der Waals surface area contributed by atoms with Crippen LogP contribution in [0.4, 0.5) is 11.6 Å². The Morgan fingerprint density at radius 2 is 1.25 bits per heavy atom. The van der Waals surface area contributed by atoms with E-state index in [-0.39, 0.29) is 0 Å². The Morgan fingerprint density at radius 1 is 0.750 bits per heavy atom. The number of hydrogen-bond acceptors (Lipinski definition) is 5. The fraction of sp³-hybridized carbons (Fsp3) is 0.300. The van der Waals surface area contributed by atoms with E-state index in [9.17, 15) is 0 Å². The molecule has 3 aromatic heterocycles. The molecule has 0 radical (unpaired) electrons. The van der Waals surface area contributed by atoms with Crippen molar-refractivity contribution in [3.05, 3.63) is 77.4 Å². The summed E-state index contributed by atoms with van der Waals surface area (Å²) < 4.78 is 2.10. The Bertz CT molecular complexity index is 1420. The number of aromatic nitrogens is 4. The predicted octanol–water partition coefficient (Wildman–Crippen LogP) is 7.07. The maximum Gasteiger partial charge on any atom is 0.126 e. The summed E-state index contributed by atoms with van der Waals surface area (Å²) in [6.45, 7) is 14.3. The average Bonchev–Trinajstić information content (AvgIpc) is 3.21. The lowest BCUT2D eigenvalue weighted by Gasteiger charge is -2.17. The van der Waals surface area contributed by atoms with Crippen LogP contribution in [0.5, 0.6) is 0 Å². The maximum atomic E-state index is 4.82. The van der Waals surface area contributed by atoms with Gasteiger partial charge in [-0.05, 0) is 76.9 Å². The smallest absolute Gasteiger partial charge is 0.126 e. The molecule has 3 heterocycles. The van der Waals surface area contributed by atoms with Gasteiger partial charge in [0.05, 0.1) is 17.4 Å². The van der Waals surface area contributed by atoms with Crippen molar-refractivity contribution in [3.8, 4) is 22.3 Å². The van der Waals surface area contributed by atoms with E-state index in [1.807, 2.05) is 30.9 Å². The molecule has 0 bridgehead atoms. The van der Waals surface area contributed by atoms with Gasteiger partial charge in [0.15, 0.2) is 0 Å². The molecule has 6 heteroatoms. The molecule has 0 unspecified atom stereocenters. The number of nitrogens with one attached hydrogen (secondary N) is 2. The summed E-state index contributed by atoms with van der Waals surface area (Å²) in [6, 6.07) is 8.35. The topological polar surface area (TPSA) is 67.7 Å². The van der Waals surface area contributed by atoms with Crippen LogP contribution in [0.15, 0.2) is 66.3 Å². The first-order valence-electron chi connectivity index (χ1n) is 12.4. The molecule has 0 fully saturated rings. The molecule has 0 atom stereocenters. The number of aryl methyl sites for hydroxylation is 1. The summed E-state index contributed by atoms with van der Waals surface area (Å²) in [6.07, 6.45) is 10.1. The monoisotopic (exact) mass is 480 g/mol. The lowest BCUT2D eigenvalue weighted by Crippen LogP contribution is -2.02. The number of nitrogens with zero attached hydrogens (tertiary/aromatic N) is 4. The van der Waals surface area contributed by atoms with Crippen LogP contribution in [-0.4, -0.2) is 32.6 Å². The quantitative estimate of drug-likeness (QED) is 0.264. The van der Waals surface area contributed by atoms with Gasteiger partial charge in [-0.15, -0.1) is 0 Å². The zero-order chi connectivity index (χ0) is 25.8. The summed E-state index contributed by atoms with van der Waals surface area (Å²) >= 11 is 0. The van der Waals surface area contributed by atoms with Gasteiger partial charge in [-0.2, -0.15) is 0 Å². The Kier molecular flexibility index (Phi) is 7.53. The average molecular weight is 481 g/mol. The van der Waals surface area contributed by atoms with Crippen LogP contribution in [0.25, 0.3) is 33.3 Å². The van der Waals surface area contributed by atoms with Gasteiger partial charge in [-0.25, -0.2) is 15.0 Å². The molecule has 1 aromatic carbocycles. The molecule has 0 aliphatic carbocycles. The summed E-state index contributed by atoms with van der Waals surface area (Å²) in [4.78, 5) is 14.2. The normalized spacial score (nSPS) is 10.9. The van der Waals surface area contributed by atoms with E-state index < -0.39 is 0 Å². The third-order valence-corrected chi connectivity index (χ3v) is 6.41. The van der Waals surface area contributed by atoms with Crippen LogP contribution in [0.3, 0.4) is 0 Å². The molecule has 186 valence electrons. The largest absolute Gasteiger partial charge is 0.367 e. The highest BCUT2D eigenvalue weighted by molar-refractivity contribution is 6.04. The van der Waals surface area contributed by atoms with E-state index >= 15 is 0 Å². The zero-order valence-electron chi connectivity index (χ0n) is 22.4. The van der Waals surface area contributed by atoms with Crippen LogP contribution in [-0.2, 0) is 7.05 Å². The molecule has 0 spiro atoms. The molecule has 4 aromatic rings. The fourth-order valence-electron chi connectivity index (χ4n) is 4.36. The summed E-state index contributed by atoms with van der Waals surface area (Å²) in [5.41, 5.74) is 11.5. The Labute approximate surface area is 214 Å². The van der Waals surface area contributed by atoms with Crippen molar-refractivity contribution in [2.45, 2.75) is 41.5 Å². The van der Waals surface area contributed by atoms with E-state index in [0.717, 1.165) is 52.4 Å². The van der Waals surface area contributed by atoms with Crippen LogP contribution in [0, 0.1) is 13.8 Å². The van der Waals surface area contributed by atoms with Crippen molar-refractivity contribution >= 4 is 22.7 Å². The Morgan fingerprint density at radius 3 is 1.72 bits per heavy atom. The van der Waals surface area contributed by atoms with Gasteiger partial charge >= 0.3 is 0 Å². The highest BCUT2D eigenvalue weighted by Crippen LogP contribution is 2.40. The fourth-order valence-corrected chi connectivity index (χ4v) is 4.36. The van der Waals surface area contributed by atoms with Crippen molar-refractivity contribution in [3.63, 3.8) is 0 Å². The van der Waals surface area contributed by atoms with Crippen LogP contribution in [0.1, 0.15) is 38.8 Å². The van der Waals surface area contributed by atoms with E-state index in [1.165, 1.54) is 27.8 Å². The van der Waals surface area contributed by atoms with Gasteiger partial charge < -0.3 is 15.2 Å². The van der Waals surface area contributed by atoms with Crippen LogP contribution < -0.4 is 10.6 Å². The molecular formula is C30H36N6. The second-order valence-electron chi connectivity index (χ2n) is 9.74. The maximum absolute atomic E-state index is 4.82. The first kappa shape index (κ1) is 25.2. The van der Waals surface area contributed by atoms with Gasteiger partial charge in [0.1, 0.15) is 11.6 Å². The molecule has 4 rings (SSSR count). The number of pyridine rings is 2. The van der Waals surface area contributed by atoms with Crippen LogP contribution in [0.2, 0.25) is 0 Å². The first-order chi connectivity index (χ1) is 17.3. The SMILES string of the molecule is CC(C)=CCNc1ccc(-c2c(C)c(C)c(-c3ccc(NCC=C(C)C)nc3)c3c2ncn3C)cn1. The van der Waals surface area contributed by atoms with Gasteiger partial charge in [0.2, 0.25) is 0 Å². The second-order valence-corrected chi connectivity index (χ2v) is 9.74. The molecule has 36 heavy (non-hydrogen) atoms. The molecule has 2 N–H and O–H groups in total. The molecule has 0 amide bonds. The molecule has 6 nitrogen and oxygen atoms in total. The van der Waals surface area contributed by atoms with E-state index in [2.05, 4.69) is 98.0 Å². The van der Waals surface area contributed by atoms with Crippen molar-refractivity contribution in [1.82, 2.24) is 19.5 Å². The summed E-state index contributed by atoms with van der Waals surface area (Å²) in [7, 11) is 2.05. The zero-order valence-corrected chi connectivity index (χ0v) is 22.4. The molecule has 0 aliphatic rings. The third kappa shape index (κ3) is 5.33. The molecule has 0 aliphatic heterocycles. The number of allylic oxidation sites excluding steroid dienone is 2. The molecule has 0 saturated carbocycles. The Hall–Kier alpha value is -3.93. The Balaban J connectivity index is 1.72. The van der Waals surface area contributed by atoms with Crippen molar-refractivity contribution in [2.75, 3.05) is 23.7 Å².